The molecule has 0 heterocycles. The van der Waals surface area contributed by atoms with Gasteiger partial charge in [0.05, 0.1) is 0 Å². The molecule has 128 valence electrons. The van der Waals surface area contributed by atoms with E-state index in [2.05, 4.69) is 29.6 Å². The third-order valence-electron chi connectivity index (χ3n) is 4.27. The van der Waals surface area contributed by atoms with E-state index in [1.165, 1.54) is 25.3 Å². The lowest BCUT2D eigenvalue weighted by Gasteiger charge is -2.11. The van der Waals surface area contributed by atoms with Crippen LogP contribution in [0.5, 0.6) is 5.75 Å². The lowest BCUT2D eigenvalue weighted by molar-refractivity contribution is -0.123. The predicted octanol–water partition coefficient (Wildman–Crippen LogP) is 4.15. The van der Waals surface area contributed by atoms with Crippen LogP contribution in [0.3, 0.4) is 0 Å². The Morgan fingerprint density at radius 3 is 2.38 bits per heavy atom. The molecular weight excluding hydrogens is 322 g/mol. The summed E-state index contributed by atoms with van der Waals surface area (Å²) in [5.74, 6) is -0.00692. The molecule has 1 unspecified atom stereocenters. The Kier molecular flexibility index (Phi) is 6.68. The first kappa shape index (κ1) is 18.3. The molecule has 3 rings (SSSR count). The molecule has 1 aliphatic rings. The van der Waals surface area contributed by atoms with Crippen molar-refractivity contribution in [3.8, 4) is 5.75 Å². The fraction of sp³-hybridized carbons (Fsp3) is 0.350. The Hall–Kier alpha value is -2.00. The quantitative estimate of drug-likeness (QED) is 0.878. The number of rotatable bonds is 3. The second-order valence-electron chi connectivity index (χ2n) is 6.12. The largest absolute Gasteiger partial charge is 0.508 e. The number of aryl methyl sites for hydroxylation is 2. The summed E-state index contributed by atoms with van der Waals surface area (Å²) in [4.78, 5) is 11.3. The van der Waals surface area contributed by atoms with Crippen molar-refractivity contribution in [2.45, 2.75) is 32.6 Å². The van der Waals surface area contributed by atoms with E-state index in [1.54, 1.807) is 30.3 Å². The zero-order valence-corrected chi connectivity index (χ0v) is 14.9. The molecule has 2 N–H and O–H groups in total. The second-order valence-corrected chi connectivity index (χ2v) is 6.52. The first-order valence-corrected chi connectivity index (χ1v) is 8.64. The van der Waals surface area contributed by atoms with E-state index in [1.807, 2.05) is 6.92 Å². The van der Waals surface area contributed by atoms with Gasteiger partial charge in [-0.3, -0.25) is 4.79 Å². The van der Waals surface area contributed by atoms with Crippen molar-refractivity contribution in [3.63, 3.8) is 0 Å². The molecule has 0 radical (unpaired) electrons. The van der Waals surface area contributed by atoms with Gasteiger partial charge < -0.3 is 10.4 Å². The van der Waals surface area contributed by atoms with Crippen LogP contribution in [0.1, 0.15) is 30.0 Å². The highest BCUT2D eigenvalue weighted by Gasteiger charge is 2.13. The number of fused-ring (bicyclic) bond motifs is 1. The summed E-state index contributed by atoms with van der Waals surface area (Å²) < 4.78 is 0. The lowest BCUT2D eigenvalue weighted by atomic mass is 10.0. The standard InChI is InChI=1S/C11H14ClNO2.C9H10/c1-7(11(15)13-2)5-8-3-4-9(14)6-10(8)12;1-2-5-9-7-3-6-8(9)4-1/h3-4,6-7,14H,5H2,1-2H3,(H,13,15);1-2,4-5H,3,6-7H2. The van der Waals surface area contributed by atoms with Crippen LogP contribution in [0.15, 0.2) is 42.5 Å². The van der Waals surface area contributed by atoms with Gasteiger partial charge in [0.25, 0.3) is 0 Å². The number of carbonyl (C=O) groups excluding carboxylic acids is 1. The predicted molar refractivity (Wildman–Crippen MR) is 98.5 cm³/mol. The van der Waals surface area contributed by atoms with Gasteiger partial charge in [0.1, 0.15) is 5.75 Å². The van der Waals surface area contributed by atoms with Crippen LogP contribution in [0, 0.1) is 5.92 Å². The summed E-state index contributed by atoms with van der Waals surface area (Å²) >= 11 is 5.93. The van der Waals surface area contributed by atoms with Crippen LogP contribution in [0.25, 0.3) is 0 Å². The Morgan fingerprint density at radius 1 is 1.21 bits per heavy atom. The maximum Gasteiger partial charge on any atom is 0.222 e. The zero-order chi connectivity index (χ0) is 17.5. The van der Waals surface area contributed by atoms with Gasteiger partial charge in [-0.15, -0.1) is 0 Å². The number of aromatic hydroxyl groups is 1. The number of hydrogen-bond donors (Lipinski definition) is 2. The van der Waals surface area contributed by atoms with Crippen molar-refractivity contribution in [3.05, 3.63) is 64.2 Å². The number of benzene rings is 2. The molecule has 24 heavy (non-hydrogen) atoms. The Labute approximate surface area is 148 Å². The fourth-order valence-electron chi connectivity index (χ4n) is 2.89. The molecule has 0 spiro atoms. The van der Waals surface area contributed by atoms with Gasteiger partial charge in [-0.1, -0.05) is 48.9 Å². The van der Waals surface area contributed by atoms with Crippen molar-refractivity contribution < 1.29 is 9.90 Å². The number of carbonyl (C=O) groups is 1. The highest BCUT2D eigenvalue weighted by molar-refractivity contribution is 6.31. The highest BCUT2D eigenvalue weighted by Crippen LogP contribution is 2.24. The first-order chi connectivity index (χ1) is 11.5. The summed E-state index contributed by atoms with van der Waals surface area (Å²) in [5.41, 5.74) is 4.00. The molecule has 2 aromatic rings. The van der Waals surface area contributed by atoms with Gasteiger partial charge in [-0.05, 0) is 54.5 Å². The second kappa shape index (κ2) is 8.74. The SMILES string of the molecule is CNC(=O)C(C)Cc1ccc(O)cc1Cl.c1ccc2c(c1)CCC2. The maximum absolute atomic E-state index is 11.3. The molecule has 1 atom stereocenters. The minimum absolute atomic E-state index is 0.0147. The minimum Gasteiger partial charge on any atom is -0.508 e. The molecule has 3 nitrogen and oxygen atoms in total. The summed E-state index contributed by atoms with van der Waals surface area (Å²) in [5, 5.41) is 12.2. The Morgan fingerprint density at radius 2 is 1.83 bits per heavy atom. The maximum atomic E-state index is 11.3. The van der Waals surface area contributed by atoms with E-state index >= 15 is 0 Å². The molecule has 1 aliphatic carbocycles. The Balaban J connectivity index is 0.000000194. The van der Waals surface area contributed by atoms with E-state index in [0.717, 1.165) is 5.56 Å². The van der Waals surface area contributed by atoms with Crippen molar-refractivity contribution in [1.82, 2.24) is 5.32 Å². The van der Waals surface area contributed by atoms with E-state index in [0.29, 0.717) is 11.4 Å². The minimum atomic E-state index is -0.128. The van der Waals surface area contributed by atoms with Gasteiger partial charge in [0.2, 0.25) is 5.91 Å². The number of hydrogen-bond acceptors (Lipinski definition) is 2. The smallest absolute Gasteiger partial charge is 0.222 e. The van der Waals surface area contributed by atoms with Gasteiger partial charge in [-0.25, -0.2) is 0 Å². The number of phenolic OH excluding ortho intramolecular Hbond substituents is 1. The molecular formula is C20H24ClNO2. The van der Waals surface area contributed by atoms with Crippen LogP contribution >= 0.6 is 11.6 Å². The highest BCUT2D eigenvalue weighted by atomic mass is 35.5. The van der Waals surface area contributed by atoms with Crippen molar-refractivity contribution in [2.75, 3.05) is 7.05 Å². The van der Waals surface area contributed by atoms with Crippen molar-refractivity contribution in [1.29, 1.82) is 0 Å². The summed E-state index contributed by atoms with van der Waals surface area (Å²) in [6.07, 6.45) is 4.53. The van der Waals surface area contributed by atoms with Crippen LogP contribution in [-0.4, -0.2) is 18.1 Å². The molecule has 0 aromatic heterocycles. The number of nitrogens with one attached hydrogen (secondary N) is 1. The zero-order valence-electron chi connectivity index (χ0n) is 14.2. The van der Waals surface area contributed by atoms with Crippen LogP contribution in [0.4, 0.5) is 0 Å². The van der Waals surface area contributed by atoms with Gasteiger partial charge in [0.15, 0.2) is 0 Å². The molecule has 2 aromatic carbocycles. The lowest BCUT2D eigenvalue weighted by Crippen LogP contribution is -2.26. The van der Waals surface area contributed by atoms with E-state index in [4.69, 9.17) is 16.7 Å². The first-order valence-electron chi connectivity index (χ1n) is 8.27. The third-order valence-corrected chi connectivity index (χ3v) is 4.62. The van der Waals surface area contributed by atoms with Crippen molar-refractivity contribution in [2.24, 2.45) is 5.92 Å². The van der Waals surface area contributed by atoms with Crippen LogP contribution < -0.4 is 5.32 Å². The normalized spacial score (nSPS) is 13.5. The summed E-state index contributed by atoms with van der Waals surface area (Å²) in [6.45, 7) is 1.84. The number of phenols is 1. The van der Waals surface area contributed by atoms with E-state index < -0.39 is 0 Å². The monoisotopic (exact) mass is 345 g/mol. The average Bonchev–Trinajstić information content (AvgIpc) is 3.05. The third kappa shape index (κ3) is 5.00. The van der Waals surface area contributed by atoms with Gasteiger partial charge in [-0.2, -0.15) is 0 Å². The molecule has 4 heteroatoms. The van der Waals surface area contributed by atoms with Gasteiger partial charge in [0, 0.05) is 18.0 Å². The molecule has 0 saturated carbocycles. The van der Waals surface area contributed by atoms with E-state index in [-0.39, 0.29) is 17.6 Å². The average molecular weight is 346 g/mol. The number of halogens is 1. The van der Waals surface area contributed by atoms with Crippen molar-refractivity contribution >= 4 is 17.5 Å². The van der Waals surface area contributed by atoms with Crippen LogP contribution in [0.2, 0.25) is 5.02 Å². The molecule has 1 amide bonds. The summed E-state index contributed by atoms with van der Waals surface area (Å²) in [6, 6.07) is 13.5. The molecule has 0 fully saturated rings. The molecule has 0 saturated heterocycles. The topological polar surface area (TPSA) is 49.3 Å². The molecule has 0 bridgehead atoms. The summed E-state index contributed by atoms with van der Waals surface area (Å²) in [7, 11) is 1.61. The fourth-order valence-corrected chi connectivity index (χ4v) is 3.14. The van der Waals surface area contributed by atoms with Crippen LogP contribution in [-0.2, 0) is 24.1 Å². The molecule has 0 aliphatic heterocycles. The number of amides is 1. The Bertz CT molecular complexity index is 677. The van der Waals surface area contributed by atoms with E-state index in [9.17, 15) is 4.79 Å². The van der Waals surface area contributed by atoms with Gasteiger partial charge >= 0.3 is 0 Å².